The summed E-state index contributed by atoms with van der Waals surface area (Å²) < 4.78 is 12.9. The van der Waals surface area contributed by atoms with E-state index in [1.54, 1.807) is 0 Å². The van der Waals surface area contributed by atoms with E-state index in [2.05, 4.69) is 176 Å². The van der Waals surface area contributed by atoms with Crippen molar-refractivity contribution in [2.24, 2.45) is 0 Å². The molecule has 3 heteroatoms. The summed E-state index contributed by atoms with van der Waals surface area (Å²) in [7, 11) is 0. The molecular weight excluding hydrogens is 659 g/mol. The molecule has 11 rings (SSSR count). The molecule has 3 nitrogen and oxygen atoms in total. The van der Waals surface area contributed by atoms with Gasteiger partial charge in [-0.15, -0.1) is 0 Å². The third-order valence-electron chi connectivity index (χ3n) is 11.5. The molecule has 2 aromatic heterocycles. The molecule has 1 aliphatic carbocycles. The maximum Gasteiger partial charge on any atom is 0.145 e. The number of furan rings is 2. The molecule has 0 unspecified atom stereocenters. The fourth-order valence-corrected chi connectivity index (χ4v) is 8.81. The van der Waals surface area contributed by atoms with Gasteiger partial charge in [0.15, 0.2) is 0 Å². The molecule has 10 aromatic rings. The average Bonchev–Trinajstić information content (AvgIpc) is 3.87. The first-order chi connectivity index (χ1) is 26.5. The van der Waals surface area contributed by atoms with E-state index in [1.807, 2.05) is 18.2 Å². The van der Waals surface area contributed by atoms with Gasteiger partial charge in [0.05, 0.1) is 11.1 Å². The van der Waals surface area contributed by atoms with E-state index < -0.39 is 0 Å². The summed E-state index contributed by atoms with van der Waals surface area (Å²) in [6.07, 6.45) is 0. The average molecular weight is 694 g/mol. The molecule has 0 spiro atoms. The first kappa shape index (κ1) is 30.8. The van der Waals surface area contributed by atoms with E-state index in [1.165, 1.54) is 22.3 Å². The minimum atomic E-state index is -0.115. The van der Waals surface area contributed by atoms with E-state index in [9.17, 15) is 0 Å². The molecular formula is C51H35NO2. The van der Waals surface area contributed by atoms with Gasteiger partial charge < -0.3 is 13.7 Å². The van der Waals surface area contributed by atoms with E-state index >= 15 is 0 Å². The Morgan fingerprint density at radius 2 is 1.04 bits per heavy atom. The van der Waals surface area contributed by atoms with Gasteiger partial charge in [0.1, 0.15) is 22.3 Å². The maximum atomic E-state index is 6.81. The van der Waals surface area contributed by atoms with Gasteiger partial charge in [-0.3, -0.25) is 0 Å². The lowest BCUT2D eigenvalue weighted by atomic mass is 9.82. The Balaban J connectivity index is 1.06. The van der Waals surface area contributed by atoms with E-state index in [4.69, 9.17) is 8.83 Å². The molecule has 0 atom stereocenters. The van der Waals surface area contributed by atoms with E-state index in [0.717, 1.165) is 83.2 Å². The highest BCUT2D eigenvalue weighted by Gasteiger charge is 2.36. The van der Waals surface area contributed by atoms with Crippen molar-refractivity contribution in [3.63, 3.8) is 0 Å². The molecule has 0 saturated carbocycles. The van der Waals surface area contributed by atoms with Crippen molar-refractivity contribution in [1.29, 1.82) is 0 Å². The zero-order valence-electron chi connectivity index (χ0n) is 30.0. The Kier molecular flexibility index (Phi) is 6.60. The smallest absolute Gasteiger partial charge is 0.145 e. The lowest BCUT2D eigenvalue weighted by Crippen LogP contribution is -2.16. The second-order valence-corrected chi connectivity index (χ2v) is 14.9. The number of hydrogen-bond donors (Lipinski definition) is 0. The van der Waals surface area contributed by atoms with Crippen LogP contribution in [0.15, 0.2) is 185 Å². The third kappa shape index (κ3) is 4.55. The SMILES string of the molecule is CC1(C)c2ccccc2-c2ccc(N(c3ccccc3)c3ccc(-c4ccc(-c5ccc6oc7ccccc7c6c5)cc4)c4oc5ccccc5c34)cc21. The summed E-state index contributed by atoms with van der Waals surface area (Å²) in [4.78, 5) is 2.40. The molecule has 0 N–H and O–H groups in total. The number of fused-ring (bicyclic) bond motifs is 9. The van der Waals surface area contributed by atoms with Gasteiger partial charge in [-0.25, -0.2) is 0 Å². The second kappa shape index (κ2) is 11.6. The fraction of sp³-hybridized carbons (Fsp3) is 0.0588. The van der Waals surface area contributed by atoms with E-state index in [0.29, 0.717) is 0 Å². The molecule has 54 heavy (non-hydrogen) atoms. The van der Waals surface area contributed by atoms with Crippen molar-refractivity contribution < 1.29 is 8.83 Å². The molecule has 0 radical (unpaired) electrons. The topological polar surface area (TPSA) is 29.5 Å². The number of hydrogen-bond acceptors (Lipinski definition) is 3. The monoisotopic (exact) mass is 693 g/mol. The number of rotatable bonds is 5. The van der Waals surface area contributed by atoms with Crippen molar-refractivity contribution in [2.45, 2.75) is 19.3 Å². The van der Waals surface area contributed by atoms with Gasteiger partial charge in [0, 0.05) is 38.5 Å². The molecule has 1 aliphatic rings. The molecule has 8 aromatic carbocycles. The summed E-state index contributed by atoms with van der Waals surface area (Å²) in [6.45, 7) is 4.68. The van der Waals surface area contributed by atoms with Crippen LogP contribution < -0.4 is 4.90 Å². The summed E-state index contributed by atoms with van der Waals surface area (Å²) >= 11 is 0. The van der Waals surface area contributed by atoms with Gasteiger partial charge in [0.25, 0.3) is 0 Å². The first-order valence-electron chi connectivity index (χ1n) is 18.6. The zero-order chi connectivity index (χ0) is 36.0. The summed E-state index contributed by atoms with van der Waals surface area (Å²) in [5.74, 6) is 0. The van der Waals surface area contributed by atoms with Crippen LogP contribution in [0.3, 0.4) is 0 Å². The standard InChI is InChI=1S/C51H35NO2/c1-51(2)43-17-9-6-14-38(43)39-26-25-36(31-44(39)51)52(35-12-4-3-5-13-35)45-28-27-37(50-49(45)41-16-8-11-19-47(41)54-50)33-22-20-32(21-23-33)34-24-29-48-42(30-34)40-15-7-10-18-46(40)53-48/h3-31H,1-2H3. The third-order valence-corrected chi connectivity index (χ3v) is 11.5. The Morgan fingerprint density at radius 3 is 1.87 bits per heavy atom. The van der Waals surface area contributed by atoms with Crippen molar-refractivity contribution in [3.8, 4) is 33.4 Å². The number of nitrogens with zero attached hydrogens (tertiary/aromatic N) is 1. The molecule has 0 saturated heterocycles. The number of para-hydroxylation sites is 3. The normalized spacial score (nSPS) is 13.1. The fourth-order valence-electron chi connectivity index (χ4n) is 8.81. The van der Waals surface area contributed by atoms with Gasteiger partial charge >= 0.3 is 0 Å². The van der Waals surface area contributed by atoms with Crippen molar-refractivity contribution in [2.75, 3.05) is 4.90 Å². The Labute approximate surface area is 313 Å². The van der Waals surface area contributed by atoms with Gasteiger partial charge in [0.2, 0.25) is 0 Å². The Bertz CT molecular complexity index is 3070. The second-order valence-electron chi connectivity index (χ2n) is 14.9. The highest BCUT2D eigenvalue weighted by molar-refractivity contribution is 6.17. The minimum Gasteiger partial charge on any atom is -0.456 e. The van der Waals surface area contributed by atoms with Crippen LogP contribution in [-0.2, 0) is 5.41 Å². The Hall–Kier alpha value is -6.84. The van der Waals surface area contributed by atoms with Gasteiger partial charge in [-0.2, -0.15) is 0 Å². The quantitative estimate of drug-likeness (QED) is 0.180. The number of benzene rings is 8. The zero-order valence-corrected chi connectivity index (χ0v) is 30.0. The molecule has 0 bridgehead atoms. The number of anilines is 3. The molecule has 0 aliphatic heterocycles. The van der Waals surface area contributed by atoms with Crippen LogP contribution in [0.25, 0.3) is 77.3 Å². The van der Waals surface area contributed by atoms with Gasteiger partial charge in [-0.1, -0.05) is 129 Å². The highest BCUT2D eigenvalue weighted by Crippen LogP contribution is 2.52. The lowest BCUT2D eigenvalue weighted by molar-refractivity contribution is 0.660. The Morgan fingerprint density at radius 1 is 0.407 bits per heavy atom. The van der Waals surface area contributed by atoms with Crippen LogP contribution in [0.1, 0.15) is 25.0 Å². The highest BCUT2D eigenvalue weighted by atomic mass is 16.3. The van der Waals surface area contributed by atoms with Crippen molar-refractivity contribution >= 4 is 60.9 Å². The largest absolute Gasteiger partial charge is 0.456 e. The van der Waals surface area contributed by atoms with Crippen molar-refractivity contribution in [1.82, 2.24) is 0 Å². The van der Waals surface area contributed by atoms with E-state index in [-0.39, 0.29) is 5.41 Å². The molecule has 256 valence electrons. The van der Waals surface area contributed by atoms with Crippen LogP contribution in [0.5, 0.6) is 0 Å². The lowest BCUT2D eigenvalue weighted by Gasteiger charge is -2.29. The summed E-state index contributed by atoms with van der Waals surface area (Å²) in [5, 5.41) is 4.45. The van der Waals surface area contributed by atoms with Crippen LogP contribution in [0, 0.1) is 0 Å². The summed E-state index contributed by atoms with van der Waals surface area (Å²) in [6, 6.07) is 62.9. The minimum absolute atomic E-state index is 0.115. The predicted molar refractivity (Wildman–Crippen MR) is 224 cm³/mol. The van der Waals surface area contributed by atoms with Crippen LogP contribution in [-0.4, -0.2) is 0 Å². The molecule has 0 amide bonds. The maximum absolute atomic E-state index is 6.81. The first-order valence-corrected chi connectivity index (χ1v) is 18.6. The summed E-state index contributed by atoms with van der Waals surface area (Å²) in [5.41, 5.74) is 16.6. The molecule has 2 heterocycles. The van der Waals surface area contributed by atoms with Crippen LogP contribution in [0.4, 0.5) is 17.1 Å². The molecule has 0 fully saturated rings. The van der Waals surface area contributed by atoms with Crippen LogP contribution in [0.2, 0.25) is 0 Å². The van der Waals surface area contributed by atoms with Gasteiger partial charge in [-0.05, 0) is 99.6 Å². The predicted octanol–water partition coefficient (Wildman–Crippen LogP) is 14.6. The van der Waals surface area contributed by atoms with Crippen molar-refractivity contribution in [3.05, 3.63) is 187 Å². The van der Waals surface area contributed by atoms with Crippen LogP contribution >= 0.6 is 0 Å².